The lowest BCUT2D eigenvalue weighted by Crippen LogP contribution is -2.40. The van der Waals surface area contributed by atoms with Crippen molar-refractivity contribution in [2.75, 3.05) is 11.9 Å². The molecule has 1 saturated carbocycles. The number of aliphatic hydroxyl groups is 1. The minimum atomic E-state index is -1.21. The van der Waals surface area contributed by atoms with Gasteiger partial charge >= 0.3 is 0 Å². The molecule has 0 heterocycles. The molecule has 0 radical (unpaired) electrons. The number of carbonyl (C=O) groups excluding carboxylic acids is 1. The van der Waals surface area contributed by atoms with Gasteiger partial charge in [0.2, 0.25) is 0 Å². The van der Waals surface area contributed by atoms with Crippen LogP contribution in [0.3, 0.4) is 0 Å². The van der Waals surface area contributed by atoms with Gasteiger partial charge in [0.05, 0.1) is 0 Å². The maximum atomic E-state index is 12.0. The number of benzene rings is 1. The van der Waals surface area contributed by atoms with Crippen molar-refractivity contribution >= 4 is 11.6 Å². The summed E-state index contributed by atoms with van der Waals surface area (Å²) in [6.07, 6.45) is 7.94. The van der Waals surface area contributed by atoms with Crippen molar-refractivity contribution in [3.63, 3.8) is 0 Å². The summed E-state index contributed by atoms with van der Waals surface area (Å²) >= 11 is 0. The molecule has 1 aromatic rings. The van der Waals surface area contributed by atoms with Crippen LogP contribution < -0.4 is 10.1 Å². The van der Waals surface area contributed by atoms with Crippen molar-refractivity contribution < 1.29 is 14.6 Å². The van der Waals surface area contributed by atoms with Crippen LogP contribution >= 0.6 is 0 Å². The largest absolute Gasteiger partial charge is 0.481 e. The summed E-state index contributed by atoms with van der Waals surface area (Å²) in [7, 11) is 0. The van der Waals surface area contributed by atoms with Gasteiger partial charge in [-0.2, -0.15) is 0 Å². The summed E-state index contributed by atoms with van der Waals surface area (Å²) in [6.45, 7) is 0.214. The fourth-order valence-corrected chi connectivity index (χ4v) is 2.19. The molecule has 0 saturated heterocycles. The van der Waals surface area contributed by atoms with Gasteiger partial charge in [0.1, 0.15) is 18.0 Å². The fraction of sp³-hybridized carbons (Fsp3) is 0.400. The van der Waals surface area contributed by atoms with Crippen LogP contribution in [0.4, 0.5) is 5.69 Å². The van der Waals surface area contributed by atoms with Crippen LogP contribution in [0, 0.1) is 12.3 Å². The Labute approximate surface area is 112 Å². The monoisotopic (exact) mass is 259 g/mol. The van der Waals surface area contributed by atoms with Crippen molar-refractivity contribution in [3.05, 3.63) is 24.3 Å². The van der Waals surface area contributed by atoms with Gasteiger partial charge in [-0.05, 0) is 49.9 Å². The lowest BCUT2D eigenvalue weighted by molar-refractivity contribution is -0.133. The predicted molar refractivity (Wildman–Crippen MR) is 72.8 cm³/mol. The minimum Gasteiger partial charge on any atom is -0.481 e. The van der Waals surface area contributed by atoms with Crippen LogP contribution in [0.5, 0.6) is 5.75 Å². The lowest BCUT2D eigenvalue weighted by atomic mass is 10.0. The summed E-state index contributed by atoms with van der Waals surface area (Å²) in [4.78, 5) is 12.0. The Morgan fingerprint density at radius 3 is 2.58 bits per heavy atom. The highest BCUT2D eigenvalue weighted by Gasteiger charge is 2.38. The summed E-state index contributed by atoms with van der Waals surface area (Å²) in [5.41, 5.74) is -0.572. The van der Waals surface area contributed by atoms with E-state index >= 15 is 0 Å². The zero-order valence-corrected chi connectivity index (χ0v) is 10.7. The SMILES string of the molecule is C#CCOc1ccc(NC(=O)C2(O)CCCC2)cc1. The molecule has 4 heteroatoms. The maximum absolute atomic E-state index is 12.0. The maximum Gasteiger partial charge on any atom is 0.256 e. The molecular weight excluding hydrogens is 242 g/mol. The van der Waals surface area contributed by atoms with E-state index in [2.05, 4.69) is 11.2 Å². The third kappa shape index (κ3) is 3.27. The molecular formula is C15H17NO3. The number of nitrogens with one attached hydrogen (secondary N) is 1. The van der Waals surface area contributed by atoms with Crippen molar-refractivity contribution in [2.24, 2.45) is 0 Å². The van der Waals surface area contributed by atoms with E-state index in [-0.39, 0.29) is 12.5 Å². The second-order valence-electron chi connectivity index (χ2n) is 4.71. The zero-order chi connectivity index (χ0) is 13.7. The molecule has 4 nitrogen and oxygen atoms in total. The van der Waals surface area contributed by atoms with Crippen molar-refractivity contribution in [1.29, 1.82) is 0 Å². The molecule has 1 aliphatic carbocycles. The highest BCUT2D eigenvalue weighted by atomic mass is 16.5. The number of amides is 1. The molecule has 100 valence electrons. The van der Waals surface area contributed by atoms with Crippen molar-refractivity contribution in [3.8, 4) is 18.1 Å². The molecule has 2 rings (SSSR count). The summed E-state index contributed by atoms with van der Waals surface area (Å²) < 4.78 is 5.24. The number of hydrogen-bond donors (Lipinski definition) is 2. The average molecular weight is 259 g/mol. The fourth-order valence-electron chi connectivity index (χ4n) is 2.19. The first kappa shape index (κ1) is 13.4. The number of terminal acetylenes is 1. The van der Waals surface area contributed by atoms with E-state index in [1.54, 1.807) is 24.3 Å². The molecule has 0 aliphatic heterocycles. The summed E-state index contributed by atoms with van der Waals surface area (Å²) in [5, 5.41) is 12.9. The number of carbonyl (C=O) groups is 1. The number of rotatable bonds is 4. The zero-order valence-electron chi connectivity index (χ0n) is 10.7. The first-order chi connectivity index (χ1) is 9.14. The Hall–Kier alpha value is -1.99. The van der Waals surface area contributed by atoms with Gasteiger partial charge in [-0.15, -0.1) is 6.42 Å². The van der Waals surface area contributed by atoms with E-state index in [4.69, 9.17) is 11.2 Å². The first-order valence-electron chi connectivity index (χ1n) is 6.34. The van der Waals surface area contributed by atoms with E-state index in [9.17, 15) is 9.90 Å². The van der Waals surface area contributed by atoms with E-state index < -0.39 is 5.60 Å². The Morgan fingerprint density at radius 2 is 2.00 bits per heavy atom. The highest BCUT2D eigenvalue weighted by Crippen LogP contribution is 2.30. The van der Waals surface area contributed by atoms with Crippen LogP contribution in [0.15, 0.2) is 24.3 Å². The molecule has 0 spiro atoms. The van der Waals surface area contributed by atoms with E-state index in [1.807, 2.05) is 0 Å². The van der Waals surface area contributed by atoms with Crippen LogP contribution in [-0.4, -0.2) is 23.2 Å². The van der Waals surface area contributed by atoms with Gasteiger partial charge < -0.3 is 15.2 Å². The van der Waals surface area contributed by atoms with Gasteiger partial charge in [0.25, 0.3) is 5.91 Å². The number of ether oxygens (including phenoxy) is 1. The molecule has 1 fully saturated rings. The molecule has 1 aromatic carbocycles. The molecule has 0 aromatic heterocycles. The van der Waals surface area contributed by atoms with Gasteiger partial charge in [-0.1, -0.05) is 5.92 Å². The molecule has 1 aliphatic rings. The Kier molecular flexibility index (Phi) is 4.08. The Morgan fingerprint density at radius 1 is 1.37 bits per heavy atom. The molecule has 19 heavy (non-hydrogen) atoms. The first-order valence-corrected chi connectivity index (χ1v) is 6.34. The normalized spacial score (nSPS) is 16.6. The smallest absolute Gasteiger partial charge is 0.256 e. The van der Waals surface area contributed by atoms with Crippen LogP contribution in [0.1, 0.15) is 25.7 Å². The second kappa shape index (κ2) is 5.77. The average Bonchev–Trinajstić information content (AvgIpc) is 2.86. The Bertz CT molecular complexity index is 481. The van der Waals surface area contributed by atoms with Gasteiger partial charge in [-0.3, -0.25) is 4.79 Å². The molecule has 0 bridgehead atoms. The van der Waals surface area contributed by atoms with Gasteiger partial charge in [-0.25, -0.2) is 0 Å². The van der Waals surface area contributed by atoms with Gasteiger partial charge in [0, 0.05) is 5.69 Å². The van der Waals surface area contributed by atoms with Crippen molar-refractivity contribution in [1.82, 2.24) is 0 Å². The van der Waals surface area contributed by atoms with E-state index in [0.717, 1.165) is 12.8 Å². The summed E-state index contributed by atoms with van der Waals surface area (Å²) in [5.74, 6) is 2.70. The molecule has 0 unspecified atom stereocenters. The molecule has 1 amide bonds. The van der Waals surface area contributed by atoms with Crippen LogP contribution in [0.25, 0.3) is 0 Å². The number of anilines is 1. The molecule has 2 N–H and O–H groups in total. The standard InChI is InChI=1S/C15H17NO3/c1-2-11-19-13-7-5-12(6-8-13)16-14(17)15(18)9-3-4-10-15/h1,5-8,18H,3-4,9-11H2,(H,16,17). The summed E-state index contributed by atoms with van der Waals surface area (Å²) in [6, 6.07) is 6.90. The third-order valence-corrected chi connectivity index (χ3v) is 3.29. The van der Waals surface area contributed by atoms with Crippen LogP contribution in [0.2, 0.25) is 0 Å². The van der Waals surface area contributed by atoms with Crippen LogP contribution in [-0.2, 0) is 4.79 Å². The lowest BCUT2D eigenvalue weighted by Gasteiger charge is -2.20. The predicted octanol–water partition coefficient (Wildman–Crippen LogP) is 1.94. The van der Waals surface area contributed by atoms with Crippen molar-refractivity contribution in [2.45, 2.75) is 31.3 Å². The quantitative estimate of drug-likeness (QED) is 0.812. The topological polar surface area (TPSA) is 58.6 Å². The Balaban J connectivity index is 1.96. The van der Waals surface area contributed by atoms with E-state index in [0.29, 0.717) is 24.3 Å². The minimum absolute atomic E-state index is 0.214. The third-order valence-electron chi connectivity index (χ3n) is 3.29. The van der Waals surface area contributed by atoms with E-state index in [1.165, 1.54) is 0 Å². The number of hydrogen-bond acceptors (Lipinski definition) is 3. The highest BCUT2D eigenvalue weighted by molar-refractivity contribution is 5.97. The second-order valence-corrected chi connectivity index (χ2v) is 4.71. The van der Waals surface area contributed by atoms with Gasteiger partial charge in [0.15, 0.2) is 0 Å². The molecule has 0 atom stereocenters.